The molecule has 1 aliphatic heterocycles. The summed E-state index contributed by atoms with van der Waals surface area (Å²) in [4.78, 5) is 0. The van der Waals surface area contributed by atoms with Crippen LogP contribution in [0.25, 0.3) is 0 Å². The van der Waals surface area contributed by atoms with E-state index in [0.717, 1.165) is 49.1 Å². The molecule has 0 aromatic heterocycles. The Hall–Kier alpha value is -1.05. The van der Waals surface area contributed by atoms with Crippen molar-refractivity contribution in [3.05, 3.63) is 27.7 Å². The number of ether oxygens (including phenoxy) is 1. The first-order valence-corrected chi connectivity index (χ1v) is 7.64. The molecule has 0 saturated heterocycles. The molecule has 1 N–H and O–H groups in total. The Bertz CT molecular complexity index is 524. The number of nitrogens with zero attached hydrogens (tertiary/aromatic N) is 1. The minimum absolute atomic E-state index is 0.168. The molecule has 1 aliphatic carbocycles. The van der Waals surface area contributed by atoms with Gasteiger partial charge in [0.05, 0.1) is 18.6 Å². The molecule has 2 atom stereocenters. The van der Waals surface area contributed by atoms with E-state index in [1.165, 1.54) is 11.1 Å². The number of hydrogen-bond donors (Lipinski definition) is 1. The fourth-order valence-corrected chi connectivity index (χ4v) is 3.63. The summed E-state index contributed by atoms with van der Waals surface area (Å²) in [5.41, 5.74) is 2.49. The zero-order valence-corrected chi connectivity index (χ0v) is 12.4. The Morgan fingerprint density at radius 3 is 3.16 bits per heavy atom. The molecule has 1 aromatic carbocycles. The smallest absolute Gasteiger partial charge is 0.127 e. The molecule has 0 spiro atoms. The number of rotatable bonds is 3. The van der Waals surface area contributed by atoms with E-state index in [2.05, 4.69) is 39.4 Å². The maximum atomic E-state index is 9.11. The number of nitrogens with one attached hydrogen (secondary N) is 1. The largest absolute Gasteiger partial charge is 0.493 e. The normalized spacial score (nSPS) is 24.8. The van der Waals surface area contributed by atoms with E-state index < -0.39 is 0 Å². The van der Waals surface area contributed by atoms with Crippen molar-refractivity contribution in [3.8, 4) is 11.8 Å². The van der Waals surface area contributed by atoms with Crippen LogP contribution >= 0.6 is 15.9 Å². The van der Waals surface area contributed by atoms with E-state index in [9.17, 15) is 0 Å². The van der Waals surface area contributed by atoms with Crippen LogP contribution in [-0.2, 0) is 13.0 Å². The van der Waals surface area contributed by atoms with Gasteiger partial charge in [-0.1, -0.05) is 22.4 Å². The lowest BCUT2D eigenvalue weighted by atomic mass is 10.0. The first kappa shape index (κ1) is 13.0. The summed E-state index contributed by atoms with van der Waals surface area (Å²) < 4.78 is 6.84. The van der Waals surface area contributed by atoms with Crippen LogP contribution in [0.4, 0.5) is 0 Å². The van der Waals surface area contributed by atoms with E-state index in [0.29, 0.717) is 6.04 Å². The molecule has 1 aromatic rings. The lowest BCUT2D eigenvalue weighted by molar-refractivity contribution is 0.350. The Morgan fingerprint density at radius 1 is 1.42 bits per heavy atom. The minimum Gasteiger partial charge on any atom is -0.493 e. The van der Waals surface area contributed by atoms with E-state index in [1.54, 1.807) is 0 Å². The lowest BCUT2D eigenvalue weighted by Gasteiger charge is -2.17. The van der Waals surface area contributed by atoms with Crippen molar-refractivity contribution in [2.24, 2.45) is 5.92 Å². The zero-order valence-electron chi connectivity index (χ0n) is 10.8. The molecule has 19 heavy (non-hydrogen) atoms. The van der Waals surface area contributed by atoms with Gasteiger partial charge in [0, 0.05) is 29.0 Å². The molecule has 1 heterocycles. The van der Waals surface area contributed by atoms with Crippen LogP contribution in [-0.4, -0.2) is 12.6 Å². The van der Waals surface area contributed by atoms with Gasteiger partial charge in [0.15, 0.2) is 0 Å². The molecule has 3 nitrogen and oxygen atoms in total. The third-order valence-corrected chi connectivity index (χ3v) is 4.52. The summed E-state index contributed by atoms with van der Waals surface area (Å²) in [5.74, 6) is 1.21. The molecule has 0 bridgehead atoms. The lowest BCUT2D eigenvalue weighted by Crippen LogP contribution is -2.31. The second-order valence-corrected chi connectivity index (χ2v) is 6.22. The highest BCUT2D eigenvalue weighted by molar-refractivity contribution is 9.10. The quantitative estimate of drug-likeness (QED) is 0.930. The van der Waals surface area contributed by atoms with Crippen molar-refractivity contribution in [1.82, 2.24) is 5.32 Å². The van der Waals surface area contributed by atoms with Gasteiger partial charge in [0.1, 0.15) is 5.75 Å². The molecular formula is C15H17BrN2O. The van der Waals surface area contributed by atoms with E-state index >= 15 is 0 Å². The third kappa shape index (κ3) is 2.63. The van der Waals surface area contributed by atoms with Crippen LogP contribution in [0, 0.1) is 17.2 Å². The van der Waals surface area contributed by atoms with Gasteiger partial charge in [-0.2, -0.15) is 5.26 Å². The van der Waals surface area contributed by atoms with Crippen molar-refractivity contribution in [3.63, 3.8) is 0 Å². The van der Waals surface area contributed by atoms with Gasteiger partial charge < -0.3 is 10.1 Å². The summed E-state index contributed by atoms with van der Waals surface area (Å²) in [5, 5.41) is 12.6. The van der Waals surface area contributed by atoms with Crippen molar-refractivity contribution in [2.75, 3.05) is 6.61 Å². The van der Waals surface area contributed by atoms with Crippen LogP contribution in [0.5, 0.6) is 5.75 Å². The monoisotopic (exact) mass is 320 g/mol. The van der Waals surface area contributed by atoms with Crippen LogP contribution in [0.2, 0.25) is 0 Å². The molecular weight excluding hydrogens is 304 g/mol. The van der Waals surface area contributed by atoms with E-state index in [4.69, 9.17) is 10.00 Å². The average molecular weight is 321 g/mol. The summed E-state index contributed by atoms with van der Waals surface area (Å²) in [6.07, 6.45) is 4.28. The Kier molecular flexibility index (Phi) is 3.76. The van der Waals surface area contributed by atoms with Crippen LogP contribution in [0.1, 0.15) is 30.4 Å². The van der Waals surface area contributed by atoms with Gasteiger partial charge in [0.25, 0.3) is 0 Å². The molecule has 4 heteroatoms. The van der Waals surface area contributed by atoms with E-state index in [1.807, 2.05) is 0 Å². The van der Waals surface area contributed by atoms with Gasteiger partial charge in [-0.05, 0) is 30.5 Å². The van der Waals surface area contributed by atoms with Crippen molar-refractivity contribution < 1.29 is 4.74 Å². The SMILES string of the molecule is N#CC1CCCC1NCc1cc(Br)cc2c1OCC2. The van der Waals surface area contributed by atoms with Gasteiger partial charge in [0.2, 0.25) is 0 Å². The second kappa shape index (κ2) is 5.52. The fourth-order valence-electron chi connectivity index (χ4n) is 3.08. The summed E-state index contributed by atoms with van der Waals surface area (Å²) in [6, 6.07) is 7.00. The highest BCUT2D eigenvalue weighted by Crippen LogP contribution is 2.33. The first-order valence-electron chi connectivity index (χ1n) is 6.85. The minimum atomic E-state index is 0.168. The van der Waals surface area contributed by atoms with Gasteiger partial charge >= 0.3 is 0 Å². The van der Waals surface area contributed by atoms with Gasteiger partial charge in [-0.15, -0.1) is 0 Å². The fraction of sp³-hybridized carbons (Fsp3) is 0.533. The number of benzene rings is 1. The highest BCUT2D eigenvalue weighted by Gasteiger charge is 2.27. The van der Waals surface area contributed by atoms with Gasteiger partial charge in [-0.3, -0.25) is 0 Å². The van der Waals surface area contributed by atoms with Crippen molar-refractivity contribution >= 4 is 15.9 Å². The van der Waals surface area contributed by atoms with Crippen LogP contribution in [0.15, 0.2) is 16.6 Å². The predicted molar refractivity (Wildman–Crippen MR) is 76.9 cm³/mol. The van der Waals surface area contributed by atoms with Crippen molar-refractivity contribution in [1.29, 1.82) is 5.26 Å². The molecule has 2 unspecified atom stereocenters. The maximum Gasteiger partial charge on any atom is 0.127 e. The van der Waals surface area contributed by atoms with Crippen molar-refractivity contribution in [2.45, 2.75) is 38.3 Å². The standard InChI is InChI=1S/C15H17BrN2O/c16-13-6-10-4-5-19-15(10)12(7-13)9-18-14-3-1-2-11(14)8-17/h6-7,11,14,18H,1-5,9H2. The zero-order chi connectivity index (χ0) is 13.2. The molecule has 2 aliphatic rings. The third-order valence-electron chi connectivity index (χ3n) is 4.06. The Balaban J connectivity index is 1.72. The number of hydrogen-bond acceptors (Lipinski definition) is 3. The predicted octanol–water partition coefficient (Wildman–Crippen LogP) is 3.17. The van der Waals surface area contributed by atoms with E-state index in [-0.39, 0.29) is 5.92 Å². The Labute approximate surface area is 122 Å². The van der Waals surface area contributed by atoms with Crippen LogP contribution < -0.4 is 10.1 Å². The van der Waals surface area contributed by atoms with Crippen LogP contribution in [0.3, 0.4) is 0 Å². The molecule has 0 amide bonds. The second-order valence-electron chi connectivity index (χ2n) is 5.31. The molecule has 1 fully saturated rings. The number of fused-ring (bicyclic) bond motifs is 1. The summed E-state index contributed by atoms with van der Waals surface area (Å²) >= 11 is 3.56. The number of halogens is 1. The topological polar surface area (TPSA) is 45.0 Å². The maximum absolute atomic E-state index is 9.11. The molecule has 3 rings (SSSR count). The Morgan fingerprint density at radius 2 is 2.32 bits per heavy atom. The number of nitriles is 1. The molecule has 1 saturated carbocycles. The first-order chi connectivity index (χ1) is 9.28. The summed E-state index contributed by atoms with van der Waals surface area (Å²) in [6.45, 7) is 1.56. The summed E-state index contributed by atoms with van der Waals surface area (Å²) in [7, 11) is 0. The van der Waals surface area contributed by atoms with Gasteiger partial charge in [-0.25, -0.2) is 0 Å². The molecule has 100 valence electrons. The average Bonchev–Trinajstić information content (AvgIpc) is 3.03. The molecule has 0 radical (unpaired) electrons. The highest BCUT2D eigenvalue weighted by atomic mass is 79.9.